The lowest BCUT2D eigenvalue weighted by molar-refractivity contribution is -0.141. The second-order valence-corrected chi connectivity index (χ2v) is 3.19. The zero-order valence-electron chi connectivity index (χ0n) is 7.49. The Bertz CT molecular complexity index is 362. The number of ketones is 1. The Morgan fingerprint density at radius 2 is 1.86 bits per heavy atom. The van der Waals surface area contributed by atoms with Crippen molar-refractivity contribution in [1.29, 1.82) is 0 Å². The standard InChI is InChI=1S/C10H10N2O2/c13-9-6-8(11-12-10(9)14)7-4-2-1-3-5-7/h1-5,8,11H,6H2,(H,12,14). The van der Waals surface area contributed by atoms with Gasteiger partial charge >= 0.3 is 5.91 Å². The van der Waals surface area contributed by atoms with Gasteiger partial charge in [0, 0.05) is 6.42 Å². The van der Waals surface area contributed by atoms with Crippen molar-refractivity contribution in [1.82, 2.24) is 10.9 Å². The number of carbonyl (C=O) groups is 2. The molecule has 2 rings (SSSR count). The molecule has 4 nitrogen and oxygen atoms in total. The molecule has 72 valence electrons. The fraction of sp³-hybridized carbons (Fsp3) is 0.200. The van der Waals surface area contributed by atoms with Crippen LogP contribution >= 0.6 is 0 Å². The van der Waals surface area contributed by atoms with Gasteiger partial charge in [-0.05, 0) is 5.56 Å². The van der Waals surface area contributed by atoms with Crippen molar-refractivity contribution in [3.8, 4) is 0 Å². The van der Waals surface area contributed by atoms with Gasteiger partial charge in [0.2, 0.25) is 5.78 Å². The lowest BCUT2D eigenvalue weighted by Crippen LogP contribution is -2.49. The molecule has 1 heterocycles. The molecule has 1 aliphatic rings. The number of carbonyl (C=O) groups excluding carboxylic acids is 2. The SMILES string of the molecule is O=C1CC(c2ccccc2)NNC1=O. The van der Waals surface area contributed by atoms with Crippen LogP contribution in [-0.4, -0.2) is 11.7 Å². The Labute approximate surface area is 81.3 Å². The van der Waals surface area contributed by atoms with E-state index in [0.29, 0.717) is 0 Å². The van der Waals surface area contributed by atoms with Crippen molar-refractivity contribution in [2.75, 3.05) is 0 Å². The maximum absolute atomic E-state index is 11.1. The number of Topliss-reactive ketones (excluding diaryl/α,β-unsaturated/α-hetero) is 1. The molecule has 4 heteroatoms. The minimum atomic E-state index is -0.558. The van der Waals surface area contributed by atoms with Gasteiger partial charge in [0.15, 0.2) is 0 Å². The summed E-state index contributed by atoms with van der Waals surface area (Å²) < 4.78 is 0. The number of amides is 1. The summed E-state index contributed by atoms with van der Waals surface area (Å²) in [6.45, 7) is 0. The van der Waals surface area contributed by atoms with Gasteiger partial charge in [0.25, 0.3) is 0 Å². The Morgan fingerprint density at radius 1 is 1.14 bits per heavy atom. The molecular formula is C10H10N2O2. The van der Waals surface area contributed by atoms with Crippen LogP contribution in [0.25, 0.3) is 0 Å². The molecule has 1 aromatic carbocycles. The molecule has 1 amide bonds. The first-order chi connectivity index (χ1) is 6.77. The lowest BCUT2D eigenvalue weighted by Gasteiger charge is -2.22. The Balaban J connectivity index is 2.14. The average Bonchev–Trinajstić information content (AvgIpc) is 2.23. The Hall–Kier alpha value is -1.68. The predicted molar refractivity (Wildman–Crippen MR) is 50.1 cm³/mol. The molecule has 1 unspecified atom stereocenters. The number of benzene rings is 1. The van der Waals surface area contributed by atoms with Gasteiger partial charge in [0.05, 0.1) is 6.04 Å². The second-order valence-electron chi connectivity index (χ2n) is 3.19. The largest absolute Gasteiger partial charge is 0.301 e. The van der Waals surface area contributed by atoms with Crippen LogP contribution < -0.4 is 10.9 Å². The van der Waals surface area contributed by atoms with E-state index in [-0.39, 0.29) is 18.2 Å². The quantitative estimate of drug-likeness (QED) is 0.627. The van der Waals surface area contributed by atoms with Gasteiger partial charge in [-0.1, -0.05) is 30.3 Å². The number of hydrogen-bond acceptors (Lipinski definition) is 3. The van der Waals surface area contributed by atoms with E-state index in [1.807, 2.05) is 30.3 Å². The van der Waals surface area contributed by atoms with E-state index in [1.54, 1.807) is 0 Å². The first-order valence-electron chi connectivity index (χ1n) is 4.41. The highest BCUT2D eigenvalue weighted by molar-refractivity contribution is 6.36. The molecule has 1 atom stereocenters. The second kappa shape index (κ2) is 3.59. The number of nitrogens with one attached hydrogen (secondary N) is 2. The first kappa shape index (κ1) is 8.90. The van der Waals surface area contributed by atoms with E-state index in [9.17, 15) is 9.59 Å². The van der Waals surface area contributed by atoms with E-state index < -0.39 is 5.91 Å². The Kier molecular flexibility index (Phi) is 2.28. The molecule has 0 saturated carbocycles. The summed E-state index contributed by atoms with van der Waals surface area (Å²) >= 11 is 0. The van der Waals surface area contributed by atoms with Crippen LogP contribution in [0.2, 0.25) is 0 Å². The molecule has 1 fully saturated rings. The molecule has 0 spiro atoms. The van der Waals surface area contributed by atoms with Crippen molar-refractivity contribution >= 4 is 11.7 Å². The first-order valence-corrected chi connectivity index (χ1v) is 4.41. The molecule has 1 aromatic rings. The molecule has 1 saturated heterocycles. The Morgan fingerprint density at radius 3 is 2.50 bits per heavy atom. The summed E-state index contributed by atoms with van der Waals surface area (Å²) in [5.74, 6) is -0.935. The summed E-state index contributed by atoms with van der Waals surface area (Å²) in [7, 11) is 0. The zero-order valence-corrected chi connectivity index (χ0v) is 7.49. The fourth-order valence-electron chi connectivity index (χ4n) is 1.44. The van der Waals surface area contributed by atoms with Crippen molar-refractivity contribution in [2.24, 2.45) is 0 Å². The van der Waals surface area contributed by atoms with E-state index in [1.165, 1.54) is 0 Å². The highest BCUT2D eigenvalue weighted by atomic mass is 16.2. The van der Waals surface area contributed by atoms with Crippen molar-refractivity contribution in [3.05, 3.63) is 35.9 Å². The molecule has 0 aromatic heterocycles. The molecule has 2 N–H and O–H groups in total. The van der Waals surface area contributed by atoms with Crippen LogP contribution in [-0.2, 0) is 9.59 Å². The van der Waals surface area contributed by atoms with Gasteiger partial charge in [-0.2, -0.15) is 0 Å². The summed E-state index contributed by atoms with van der Waals surface area (Å²) in [4.78, 5) is 22.0. The third-order valence-electron chi connectivity index (χ3n) is 2.20. The molecule has 14 heavy (non-hydrogen) atoms. The molecule has 1 aliphatic heterocycles. The molecule has 0 aliphatic carbocycles. The maximum atomic E-state index is 11.1. The monoisotopic (exact) mass is 190 g/mol. The van der Waals surface area contributed by atoms with Crippen LogP contribution in [0.1, 0.15) is 18.0 Å². The lowest BCUT2D eigenvalue weighted by atomic mass is 10.0. The third-order valence-corrected chi connectivity index (χ3v) is 2.20. The smallest absolute Gasteiger partial charge is 0.289 e. The van der Waals surface area contributed by atoms with Crippen LogP contribution in [0.4, 0.5) is 0 Å². The van der Waals surface area contributed by atoms with Gasteiger partial charge in [-0.15, -0.1) is 0 Å². The molecule has 0 radical (unpaired) electrons. The van der Waals surface area contributed by atoms with E-state index in [4.69, 9.17) is 0 Å². The van der Waals surface area contributed by atoms with Crippen LogP contribution in [0, 0.1) is 0 Å². The third kappa shape index (κ3) is 1.65. The van der Waals surface area contributed by atoms with Crippen molar-refractivity contribution in [3.63, 3.8) is 0 Å². The summed E-state index contributed by atoms with van der Waals surface area (Å²) in [5, 5.41) is 0. The van der Waals surface area contributed by atoms with E-state index >= 15 is 0 Å². The van der Waals surface area contributed by atoms with E-state index in [2.05, 4.69) is 10.9 Å². The average molecular weight is 190 g/mol. The highest BCUT2D eigenvalue weighted by Gasteiger charge is 2.26. The summed E-state index contributed by atoms with van der Waals surface area (Å²) in [5.41, 5.74) is 6.14. The van der Waals surface area contributed by atoms with Gasteiger partial charge in [-0.25, -0.2) is 5.43 Å². The number of hydrazine groups is 1. The topological polar surface area (TPSA) is 58.2 Å². The van der Waals surface area contributed by atoms with Crippen LogP contribution in [0.15, 0.2) is 30.3 Å². The summed E-state index contributed by atoms with van der Waals surface area (Å²) in [6, 6.07) is 9.44. The summed E-state index contributed by atoms with van der Waals surface area (Å²) in [6.07, 6.45) is 0.218. The zero-order chi connectivity index (χ0) is 9.97. The minimum absolute atomic E-state index is 0.110. The normalized spacial score (nSPS) is 21.9. The van der Waals surface area contributed by atoms with Crippen LogP contribution in [0.5, 0.6) is 0 Å². The number of hydrogen-bond donors (Lipinski definition) is 2. The number of rotatable bonds is 1. The molecular weight excluding hydrogens is 180 g/mol. The van der Waals surface area contributed by atoms with E-state index in [0.717, 1.165) is 5.56 Å². The van der Waals surface area contributed by atoms with Gasteiger partial charge in [-0.3, -0.25) is 15.0 Å². The minimum Gasteiger partial charge on any atom is -0.289 e. The maximum Gasteiger partial charge on any atom is 0.301 e. The highest BCUT2D eigenvalue weighted by Crippen LogP contribution is 2.17. The predicted octanol–water partition coefficient (Wildman–Crippen LogP) is 0.321. The van der Waals surface area contributed by atoms with Crippen LogP contribution in [0.3, 0.4) is 0 Å². The van der Waals surface area contributed by atoms with Gasteiger partial charge < -0.3 is 0 Å². The van der Waals surface area contributed by atoms with Crippen molar-refractivity contribution in [2.45, 2.75) is 12.5 Å². The van der Waals surface area contributed by atoms with Crippen molar-refractivity contribution < 1.29 is 9.59 Å². The molecule has 0 bridgehead atoms. The van der Waals surface area contributed by atoms with Gasteiger partial charge in [0.1, 0.15) is 0 Å². The fourth-order valence-corrected chi connectivity index (χ4v) is 1.44.